The van der Waals surface area contributed by atoms with Crippen molar-refractivity contribution in [2.75, 3.05) is 6.54 Å². The first-order valence-electron chi connectivity index (χ1n) is 7.25. The molecule has 0 fully saturated rings. The molecule has 0 saturated heterocycles. The maximum atomic E-state index is 12.7. The number of nitrogens with one attached hydrogen (secondary N) is 1. The maximum Gasteiger partial charge on any atom is 0.274 e. The van der Waals surface area contributed by atoms with E-state index in [-0.39, 0.29) is 5.91 Å². The Bertz CT molecular complexity index is 674. The molecule has 102 valence electrons. The molecular formula is C16H17N3O. The first-order chi connectivity index (χ1) is 9.83. The standard InChI is InChI=1S/C16H17N3O/c20-16(15-13-6-3-7-14(13)17-18-15)19-9-8-11-4-1-2-5-12(11)10-19/h1-2,4-5H,3,6-10H2,(H,17,18). The van der Waals surface area contributed by atoms with Crippen molar-refractivity contribution in [3.05, 3.63) is 52.3 Å². The van der Waals surface area contributed by atoms with Crippen LogP contribution in [0.3, 0.4) is 0 Å². The molecule has 1 aliphatic heterocycles. The molecule has 1 aromatic carbocycles. The Morgan fingerprint density at radius 2 is 2.00 bits per heavy atom. The molecular weight excluding hydrogens is 250 g/mol. The van der Waals surface area contributed by atoms with E-state index in [2.05, 4.69) is 28.4 Å². The van der Waals surface area contributed by atoms with E-state index in [4.69, 9.17) is 0 Å². The molecule has 4 nitrogen and oxygen atoms in total. The highest BCUT2D eigenvalue weighted by Crippen LogP contribution is 2.26. The van der Waals surface area contributed by atoms with E-state index in [1.165, 1.54) is 11.1 Å². The van der Waals surface area contributed by atoms with Crippen molar-refractivity contribution in [2.24, 2.45) is 0 Å². The van der Waals surface area contributed by atoms with Crippen LogP contribution in [0.5, 0.6) is 0 Å². The third kappa shape index (κ3) is 1.75. The zero-order valence-electron chi connectivity index (χ0n) is 11.4. The van der Waals surface area contributed by atoms with Gasteiger partial charge in [0, 0.05) is 24.3 Å². The minimum atomic E-state index is 0.0823. The third-order valence-electron chi connectivity index (χ3n) is 4.43. The number of H-pyrrole nitrogens is 1. The van der Waals surface area contributed by atoms with E-state index >= 15 is 0 Å². The summed E-state index contributed by atoms with van der Waals surface area (Å²) in [5, 5.41) is 7.28. The number of fused-ring (bicyclic) bond motifs is 2. The molecule has 0 radical (unpaired) electrons. The summed E-state index contributed by atoms with van der Waals surface area (Å²) in [5.74, 6) is 0.0823. The predicted molar refractivity (Wildman–Crippen MR) is 75.5 cm³/mol. The fraction of sp³-hybridized carbons (Fsp3) is 0.375. The van der Waals surface area contributed by atoms with Crippen molar-refractivity contribution in [2.45, 2.75) is 32.2 Å². The molecule has 0 atom stereocenters. The summed E-state index contributed by atoms with van der Waals surface area (Å²) in [6.07, 6.45) is 4.08. The smallest absolute Gasteiger partial charge is 0.274 e. The van der Waals surface area contributed by atoms with Crippen molar-refractivity contribution in [3.8, 4) is 0 Å². The highest BCUT2D eigenvalue weighted by molar-refractivity contribution is 5.94. The van der Waals surface area contributed by atoms with Crippen molar-refractivity contribution >= 4 is 5.91 Å². The Hall–Kier alpha value is -2.10. The summed E-state index contributed by atoms with van der Waals surface area (Å²) in [6.45, 7) is 1.49. The van der Waals surface area contributed by atoms with Gasteiger partial charge in [0.1, 0.15) is 0 Å². The lowest BCUT2D eigenvalue weighted by Crippen LogP contribution is -2.36. The molecule has 20 heavy (non-hydrogen) atoms. The molecule has 1 aromatic heterocycles. The van der Waals surface area contributed by atoms with E-state index in [9.17, 15) is 4.79 Å². The molecule has 2 aromatic rings. The number of amides is 1. The Morgan fingerprint density at radius 1 is 1.15 bits per heavy atom. The van der Waals surface area contributed by atoms with Crippen LogP contribution in [0.2, 0.25) is 0 Å². The average Bonchev–Trinajstić information content (AvgIpc) is 3.09. The van der Waals surface area contributed by atoms with E-state index in [1.807, 2.05) is 11.0 Å². The van der Waals surface area contributed by atoms with Crippen molar-refractivity contribution in [1.29, 1.82) is 0 Å². The van der Waals surface area contributed by atoms with Gasteiger partial charge < -0.3 is 4.90 Å². The van der Waals surface area contributed by atoms with Crippen LogP contribution in [0.1, 0.15) is 39.3 Å². The number of aromatic amines is 1. The second-order valence-corrected chi connectivity index (χ2v) is 5.63. The van der Waals surface area contributed by atoms with Gasteiger partial charge in [-0.2, -0.15) is 5.10 Å². The number of hydrogen-bond acceptors (Lipinski definition) is 2. The van der Waals surface area contributed by atoms with Crippen LogP contribution in [0.15, 0.2) is 24.3 Å². The lowest BCUT2D eigenvalue weighted by Gasteiger charge is -2.28. The number of aromatic nitrogens is 2. The Morgan fingerprint density at radius 3 is 2.90 bits per heavy atom. The number of hydrogen-bond donors (Lipinski definition) is 1. The molecule has 4 heteroatoms. The molecule has 0 saturated carbocycles. The van der Waals surface area contributed by atoms with Gasteiger partial charge in [-0.1, -0.05) is 24.3 Å². The van der Waals surface area contributed by atoms with Crippen molar-refractivity contribution in [3.63, 3.8) is 0 Å². The first-order valence-corrected chi connectivity index (χ1v) is 7.25. The van der Waals surface area contributed by atoms with Gasteiger partial charge in [-0.25, -0.2) is 0 Å². The van der Waals surface area contributed by atoms with Gasteiger partial charge in [0.2, 0.25) is 0 Å². The van der Waals surface area contributed by atoms with Crippen LogP contribution in [-0.4, -0.2) is 27.5 Å². The summed E-state index contributed by atoms with van der Waals surface area (Å²) in [4.78, 5) is 14.6. The second-order valence-electron chi connectivity index (χ2n) is 5.63. The molecule has 0 spiro atoms. The molecule has 1 amide bonds. The highest BCUT2D eigenvalue weighted by atomic mass is 16.2. The largest absolute Gasteiger partial charge is 0.333 e. The van der Waals surface area contributed by atoms with Crippen molar-refractivity contribution in [1.82, 2.24) is 15.1 Å². The minimum Gasteiger partial charge on any atom is -0.333 e. The monoisotopic (exact) mass is 267 g/mol. The van der Waals surface area contributed by atoms with Gasteiger partial charge in [-0.15, -0.1) is 0 Å². The van der Waals surface area contributed by atoms with Crippen LogP contribution in [0, 0.1) is 0 Å². The number of rotatable bonds is 1. The minimum absolute atomic E-state index is 0.0823. The van der Waals surface area contributed by atoms with Gasteiger partial charge in [0.15, 0.2) is 5.69 Å². The fourth-order valence-electron chi connectivity index (χ4n) is 3.32. The lowest BCUT2D eigenvalue weighted by molar-refractivity contribution is 0.0727. The van der Waals surface area contributed by atoms with Gasteiger partial charge >= 0.3 is 0 Å². The highest BCUT2D eigenvalue weighted by Gasteiger charge is 2.28. The zero-order valence-corrected chi connectivity index (χ0v) is 11.4. The molecule has 2 heterocycles. The summed E-state index contributed by atoms with van der Waals surface area (Å²) in [6, 6.07) is 8.38. The van der Waals surface area contributed by atoms with Gasteiger partial charge in [0.05, 0.1) is 0 Å². The zero-order chi connectivity index (χ0) is 13.5. The Kier molecular flexibility index (Phi) is 2.62. The van der Waals surface area contributed by atoms with Crippen LogP contribution in [0.4, 0.5) is 0 Å². The Balaban J connectivity index is 1.61. The lowest BCUT2D eigenvalue weighted by atomic mass is 9.99. The fourth-order valence-corrected chi connectivity index (χ4v) is 3.32. The summed E-state index contributed by atoms with van der Waals surface area (Å²) in [7, 11) is 0. The summed E-state index contributed by atoms with van der Waals surface area (Å²) < 4.78 is 0. The predicted octanol–water partition coefficient (Wildman–Crippen LogP) is 2.10. The van der Waals surface area contributed by atoms with E-state index in [0.717, 1.165) is 43.5 Å². The SMILES string of the molecule is O=C(c1n[nH]c2c1CCC2)N1CCc2ccccc2C1. The number of nitrogens with zero attached hydrogens (tertiary/aromatic N) is 2. The van der Waals surface area contributed by atoms with Crippen LogP contribution >= 0.6 is 0 Å². The van der Waals surface area contributed by atoms with Crippen molar-refractivity contribution < 1.29 is 4.79 Å². The summed E-state index contributed by atoms with van der Waals surface area (Å²) >= 11 is 0. The normalized spacial score (nSPS) is 16.9. The van der Waals surface area contributed by atoms with E-state index < -0.39 is 0 Å². The third-order valence-corrected chi connectivity index (χ3v) is 4.43. The van der Waals surface area contributed by atoms with E-state index in [1.54, 1.807) is 0 Å². The van der Waals surface area contributed by atoms with Gasteiger partial charge in [0.25, 0.3) is 5.91 Å². The molecule has 0 unspecified atom stereocenters. The number of carbonyl (C=O) groups is 1. The number of carbonyl (C=O) groups excluding carboxylic acids is 1. The quantitative estimate of drug-likeness (QED) is 0.860. The molecule has 2 aliphatic rings. The molecule has 1 aliphatic carbocycles. The second kappa shape index (κ2) is 4.47. The maximum absolute atomic E-state index is 12.7. The topological polar surface area (TPSA) is 49.0 Å². The summed E-state index contributed by atoms with van der Waals surface area (Å²) in [5.41, 5.74) is 5.58. The average molecular weight is 267 g/mol. The molecule has 1 N–H and O–H groups in total. The van der Waals surface area contributed by atoms with Gasteiger partial charge in [-0.05, 0) is 36.8 Å². The van der Waals surface area contributed by atoms with Crippen LogP contribution in [-0.2, 0) is 25.8 Å². The van der Waals surface area contributed by atoms with Crippen LogP contribution in [0.25, 0.3) is 0 Å². The van der Waals surface area contributed by atoms with Gasteiger partial charge in [-0.3, -0.25) is 9.89 Å². The number of aryl methyl sites for hydroxylation is 1. The Labute approximate surface area is 117 Å². The number of benzene rings is 1. The van der Waals surface area contributed by atoms with E-state index in [0.29, 0.717) is 12.2 Å². The first kappa shape index (κ1) is 11.7. The van der Waals surface area contributed by atoms with Crippen LogP contribution < -0.4 is 0 Å². The molecule has 0 bridgehead atoms. The molecule has 4 rings (SSSR count).